The van der Waals surface area contributed by atoms with E-state index in [0.29, 0.717) is 25.9 Å². The minimum atomic E-state index is -0.897. The standard InChI is InChI=1S/C15H21NO4.ClH/c1-3-20-14(17)10-6-8-12-7-4-5-9-13(12)16-11(2)15(18)19;/h4-5,7,9,11,16H,3,6,8,10H2,1-2H3,(H,18,19);1H/t11-;/m0./s1. The van der Waals surface area contributed by atoms with Crippen LogP contribution in [-0.2, 0) is 20.7 Å². The lowest BCUT2D eigenvalue weighted by Crippen LogP contribution is -2.25. The number of carbonyl (C=O) groups excluding carboxylic acids is 1. The average molecular weight is 316 g/mol. The Bertz CT molecular complexity index is 465. The van der Waals surface area contributed by atoms with Gasteiger partial charge in [-0.25, -0.2) is 0 Å². The Morgan fingerprint density at radius 3 is 2.62 bits per heavy atom. The van der Waals surface area contributed by atoms with Gasteiger partial charge in [-0.3, -0.25) is 9.59 Å². The van der Waals surface area contributed by atoms with Gasteiger partial charge in [0.1, 0.15) is 6.04 Å². The molecule has 0 aliphatic heterocycles. The summed E-state index contributed by atoms with van der Waals surface area (Å²) >= 11 is 0. The number of hydrogen-bond acceptors (Lipinski definition) is 4. The zero-order valence-corrected chi connectivity index (χ0v) is 13.1. The molecule has 2 N–H and O–H groups in total. The number of aliphatic carboxylic acids is 1. The van der Waals surface area contributed by atoms with Gasteiger partial charge in [0.25, 0.3) is 0 Å². The third kappa shape index (κ3) is 6.99. The Morgan fingerprint density at radius 2 is 2.00 bits per heavy atom. The molecule has 0 aliphatic rings. The molecule has 1 aromatic carbocycles. The van der Waals surface area contributed by atoms with Crippen LogP contribution in [0, 0.1) is 0 Å². The molecule has 21 heavy (non-hydrogen) atoms. The first-order valence-corrected chi connectivity index (χ1v) is 6.77. The molecule has 0 amide bonds. The number of carbonyl (C=O) groups is 2. The minimum absolute atomic E-state index is 0. The molecule has 1 aromatic rings. The van der Waals surface area contributed by atoms with Crippen molar-refractivity contribution in [3.05, 3.63) is 29.8 Å². The summed E-state index contributed by atoms with van der Waals surface area (Å²) in [4.78, 5) is 22.1. The fraction of sp³-hybridized carbons (Fsp3) is 0.467. The maximum atomic E-state index is 11.3. The average Bonchev–Trinajstić information content (AvgIpc) is 2.40. The predicted octanol–water partition coefficient (Wildman–Crippen LogP) is 2.88. The topological polar surface area (TPSA) is 75.6 Å². The third-order valence-electron chi connectivity index (χ3n) is 2.89. The molecule has 0 saturated carbocycles. The highest BCUT2D eigenvalue weighted by molar-refractivity contribution is 5.85. The summed E-state index contributed by atoms with van der Waals surface area (Å²) in [6.45, 7) is 3.77. The van der Waals surface area contributed by atoms with Crippen LogP contribution in [0.15, 0.2) is 24.3 Å². The highest BCUT2D eigenvalue weighted by atomic mass is 35.5. The Labute approximate surface area is 131 Å². The van der Waals surface area contributed by atoms with Crippen molar-refractivity contribution in [2.24, 2.45) is 0 Å². The number of halogens is 1. The van der Waals surface area contributed by atoms with Gasteiger partial charge in [0.2, 0.25) is 0 Å². The fourth-order valence-electron chi connectivity index (χ4n) is 1.83. The number of nitrogens with one attached hydrogen (secondary N) is 1. The highest BCUT2D eigenvalue weighted by Gasteiger charge is 2.12. The van der Waals surface area contributed by atoms with E-state index in [0.717, 1.165) is 11.3 Å². The Balaban J connectivity index is 0.00000400. The van der Waals surface area contributed by atoms with Crippen molar-refractivity contribution in [1.82, 2.24) is 0 Å². The van der Waals surface area contributed by atoms with Gasteiger partial charge < -0.3 is 15.2 Å². The second kappa shape index (κ2) is 10.0. The lowest BCUT2D eigenvalue weighted by molar-refractivity contribution is -0.143. The molecule has 0 aliphatic carbocycles. The lowest BCUT2D eigenvalue weighted by atomic mass is 10.1. The third-order valence-corrected chi connectivity index (χ3v) is 2.89. The number of benzene rings is 1. The van der Waals surface area contributed by atoms with Crippen LogP contribution in [0.1, 0.15) is 32.3 Å². The molecule has 0 fully saturated rings. The largest absolute Gasteiger partial charge is 0.480 e. The molecule has 0 unspecified atom stereocenters. The molecule has 5 nitrogen and oxygen atoms in total. The van der Waals surface area contributed by atoms with E-state index in [1.165, 1.54) is 0 Å². The van der Waals surface area contributed by atoms with Gasteiger partial charge in [-0.15, -0.1) is 12.4 Å². The molecule has 0 aromatic heterocycles. The second-order valence-corrected chi connectivity index (χ2v) is 4.52. The van der Waals surface area contributed by atoms with Crippen molar-refractivity contribution in [2.45, 2.75) is 39.2 Å². The van der Waals surface area contributed by atoms with Crippen molar-refractivity contribution in [3.63, 3.8) is 0 Å². The zero-order chi connectivity index (χ0) is 15.0. The van der Waals surface area contributed by atoms with Crippen LogP contribution in [0.4, 0.5) is 5.69 Å². The molecule has 0 bridgehead atoms. The molecule has 118 valence electrons. The van der Waals surface area contributed by atoms with Crippen LogP contribution < -0.4 is 5.32 Å². The molecule has 6 heteroatoms. The fourth-order valence-corrected chi connectivity index (χ4v) is 1.83. The van der Waals surface area contributed by atoms with Crippen LogP contribution in [0.5, 0.6) is 0 Å². The summed E-state index contributed by atoms with van der Waals surface area (Å²) in [5.74, 6) is -1.09. The van der Waals surface area contributed by atoms with E-state index < -0.39 is 12.0 Å². The molecule has 1 atom stereocenters. The smallest absolute Gasteiger partial charge is 0.325 e. The van der Waals surface area contributed by atoms with Crippen molar-refractivity contribution in [2.75, 3.05) is 11.9 Å². The zero-order valence-electron chi connectivity index (χ0n) is 12.3. The van der Waals surface area contributed by atoms with Gasteiger partial charge in [-0.2, -0.15) is 0 Å². The number of aryl methyl sites for hydroxylation is 1. The van der Waals surface area contributed by atoms with E-state index in [-0.39, 0.29) is 18.4 Å². The first-order valence-electron chi connectivity index (χ1n) is 6.77. The van der Waals surface area contributed by atoms with Crippen LogP contribution in [0.3, 0.4) is 0 Å². The maximum absolute atomic E-state index is 11.3. The summed E-state index contributed by atoms with van der Waals surface area (Å²) in [6, 6.07) is 6.88. The Morgan fingerprint density at radius 1 is 1.33 bits per heavy atom. The van der Waals surface area contributed by atoms with Crippen LogP contribution in [0.25, 0.3) is 0 Å². The minimum Gasteiger partial charge on any atom is -0.480 e. The number of carboxylic acid groups (broad SMARTS) is 1. The van der Waals surface area contributed by atoms with Gasteiger partial charge in [-0.1, -0.05) is 18.2 Å². The molecule has 0 radical (unpaired) electrons. The molecule has 0 heterocycles. The van der Waals surface area contributed by atoms with Crippen LogP contribution in [-0.4, -0.2) is 29.7 Å². The lowest BCUT2D eigenvalue weighted by Gasteiger charge is -2.14. The highest BCUT2D eigenvalue weighted by Crippen LogP contribution is 2.18. The van der Waals surface area contributed by atoms with Crippen molar-refractivity contribution in [1.29, 1.82) is 0 Å². The summed E-state index contributed by atoms with van der Waals surface area (Å²) in [5, 5.41) is 11.9. The van der Waals surface area contributed by atoms with Crippen molar-refractivity contribution in [3.8, 4) is 0 Å². The van der Waals surface area contributed by atoms with Gasteiger partial charge >= 0.3 is 11.9 Å². The van der Waals surface area contributed by atoms with E-state index in [9.17, 15) is 9.59 Å². The van der Waals surface area contributed by atoms with Crippen LogP contribution >= 0.6 is 12.4 Å². The normalized spacial score (nSPS) is 11.1. The number of para-hydroxylation sites is 1. The van der Waals surface area contributed by atoms with Gasteiger partial charge in [0, 0.05) is 12.1 Å². The first-order chi connectivity index (χ1) is 9.54. The Hall–Kier alpha value is -1.75. The molecule has 0 saturated heterocycles. The van der Waals surface area contributed by atoms with Gasteiger partial charge in [0.05, 0.1) is 6.61 Å². The summed E-state index contributed by atoms with van der Waals surface area (Å²) in [6.07, 6.45) is 1.75. The van der Waals surface area contributed by atoms with Gasteiger partial charge in [-0.05, 0) is 38.3 Å². The van der Waals surface area contributed by atoms with E-state index >= 15 is 0 Å². The van der Waals surface area contributed by atoms with Crippen molar-refractivity contribution < 1.29 is 19.4 Å². The van der Waals surface area contributed by atoms with Crippen LogP contribution in [0.2, 0.25) is 0 Å². The molecular formula is C15H22ClNO4. The number of esters is 1. The number of carboxylic acids is 1. The predicted molar refractivity (Wildman–Crippen MR) is 84.0 cm³/mol. The summed E-state index contributed by atoms with van der Waals surface area (Å²) in [7, 11) is 0. The SMILES string of the molecule is CCOC(=O)CCCc1ccccc1N[C@@H](C)C(=O)O.Cl. The van der Waals surface area contributed by atoms with E-state index in [4.69, 9.17) is 9.84 Å². The maximum Gasteiger partial charge on any atom is 0.325 e. The van der Waals surface area contributed by atoms with E-state index in [2.05, 4.69) is 5.32 Å². The number of rotatable bonds is 8. The molecular weight excluding hydrogens is 294 g/mol. The molecule has 1 rings (SSSR count). The number of hydrogen-bond donors (Lipinski definition) is 2. The first kappa shape index (κ1) is 19.2. The Kier molecular flexibility index (Phi) is 9.21. The van der Waals surface area contributed by atoms with E-state index in [1.807, 2.05) is 24.3 Å². The molecule has 0 spiro atoms. The second-order valence-electron chi connectivity index (χ2n) is 4.52. The van der Waals surface area contributed by atoms with E-state index in [1.54, 1.807) is 13.8 Å². The number of anilines is 1. The summed E-state index contributed by atoms with van der Waals surface area (Å²) < 4.78 is 4.87. The van der Waals surface area contributed by atoms with Crippen molar-refractivity contribution >= 4 is 30.0 Å². The quantitative estimate of drug-likeness (QED) is 0.721. The van der Waals surface area contributed by atoms with Gasteiger partial charge in [0.15, 0.2) is 0 Å². The monoisotopic (exact) mass is 315 g/mol. The summed E-state index contributed by atoms with van der Waals surface area (Å²) in [5.41, 5.74) is 1.80. The number of ether oxygens (including phenoxy) is 1.